The van der Waals surface area contributed by atoms with Gasteiger partial charge < -0.3 is 15.4 Å². The number of esters is 1. The highest BCUT2D eigenvalue weighted by molar-refractivity contribution is 6.33. The first kappa shape index (κ1) is 24.3. The van der Waals surface area contributed by atoms with Crippen molar-refractivity contribution in [2.75, 3.05) is 11.9 Å². The second-order valence-electron chi connectivity index (χ2n) is 6.11. The predicted octanol–water partition coefficient (Wildman–Crippen LogP) is 5.02. The van der Waals surface area contributed by atoms with Crippen molar-refractivity contribution in [3.8, 4) is 0 Å². The largest absolute Gasteiger partial charge is 0.463 e. The van der Waals surface area contributed by atoms with E-state index in [4.69, 9.17) is 11.6 Å². The standard InChI is InChI=1S/C19H15ClF6N2O3/c1-2-31-16(30)17(19(24,25)26,28-15(29)13-8-3-4-9-14(13)20)27-12-7-5-6-11(10-12)18(21,22)23/h3-10,27H,2H2,1H3,(H,28,29)/t17-/m0/s1. The molecule has 1 amide bonds. The number of carbonyl (C=O) groups is 2. The second-order valence-corrected chi connectivity index (χ2v) is 6.51. The Morgan fingerprint density at radius 3 is 2.19 bits per heavy atom. The minimum absolute atomic E-state index is 0.209. The summed E-state index contributed by atoms with van der Waals surface area (Å²) in [5.74, 6) is -3.38. The Hall–Kier alpha value is -2.95. The summed E-state index contributed by atoms with van der Waals surface area (Å²) in [6.45, 7) is 0.724. The van der Waals surface area contributed by atoms with E-state index < -0.39 is 53.3 Å². The Morgan fingerprint density at radius 2 is 1.65 bits per heavy atom. The van der Waals surface area contributed by atoms with Crippen molar-refractivity contribution in [1.29, 1.82) is 0 Å². The van der Waals surface area contributed by atoms with Gasteiger partial charge in [0.05, 0.1) is 22.8 Å². The molecule has 2 aromatic carbocycles. The van der Waals surface area contributed by atoms with E-state index in [1.807, 2.05) is 0 Å². The van der Waals surface area contributed by atoms with E-state index in [0.717, 1.165) is 18.2 Å². The zero-order valence-corrected chi connectivity index (χ0v) is 16.5. The lowest BCUT2D eigenvalue weighted by Gasteiger charge is -2.35. The molecule has 2 N–H and O–H groups in total. The molecular formula is C19H15ClF6N2O3. The van der Waals surface area contributed by atoms with Crippen molar-refractivity contribution in [3.63, 3.8) is 0 Å². The van der Waals surface area contributed by atoms with Gasteiger partial charge in [-0.1, -0.05) is 29.8 Å². The fraction of sp³-hybridized carbons (Fsp3) is 0.263. The van der Waals surface area contributed by atoms with Crippen LogP contribution in [0.4, 0.5) is 32.0 Å². The van der Waals surface area contributed by atoms with Gasteiger partial charge in [0.15, 0.2) is 0 Å². The smallest absolute Gasteiger partial charge is 0.441 e. The molecule has 2 rings (SSSR count). The van der Waals surface area contributed by atoms with Crippen molar-refractivity contribution in [2.24, 2.45) is 0 Å². The molecule has 0 saturated heterocycles. The Kier molecular flexibility index (Phi) is 7.10. The number of alkyl halides is 6. The lowest BCUT2D eigenvalue weighted by Crippen LogP contribution is -2.69. The molecule has 1 atom stereocenters. The van der Waals surface area contributed by atoms with Crippen LogP contribution in [-0.2, 0) is 15.7 Å². The molecule has 0 radical (unpaired) electrons. The molecule has 0 aliphatic heterocycles. The Labute approximate surface area is 177 Å². The maximum Gasteiger partial charge on any atom is 0.441 e. The number of anilines is 1. The predicted molar refractivity (Wildman–Crippen MR) is 99.4 cm³/mol. The summed E-state index contributed by atoms with van der Waals surface area (Å²) in [7, 11) is 0. The maximum absolute atomic E-state index is 14.1. The molecule has 2 aromatic rings. The first-order chi connectivity index (χ1) is 14.3. The normalized spacial score (nSPS) is 13.8. The number of amides is 1. The number of halogens is 7. The Balaban J connectivity index is 2.58. The highest BCUT2D eigenvalue weighted by atomic mass is 35.5. The number of carbonyl (C=O) groups excluding carboxylic acids is 2. The summed E-state index contributed by atoms with van der Waals surface area (Å²) in [5.41, 5.74) is -6.30. The molecule has 0 fully saturated rings. The average Bonchev–Trinajstić information content (AvgIpc) is 2.66. The third kappa shape index (κ3) is 5.40. The lowest BCUT2D eigenvalue weighted by molar-refractivity contribution is -0.204. The van der Waals surface area contributed by atoms with Crippen LogP contribution < -0.4 is 10.6 Å². The number of hydrogen-bond donors (Lipinski definition) is 2. The van der Waals surface area contributed by atoms with Crippen LogP contribution in [0.15, 0.2) is 48.5 Å². The van der Waals surface area contributed by atoms with Crippen molar-refractivity contribution in [1.82, 2.24) is 5.32 Å². The average molecular weight is 469 g/mol. The minimum Gasteiger partial charge on any atom is -0.463 e. The summed E-state index contributed by atoms with van der Waals surface area (Å²) >= 11 is 5.83. The third-order valence-electron chi connectivity index (χ3n) is 3.95. The highest BCUT2D eigenvalue weighted by Gasteiger charge is 2.63. The lowest BCUT2D eigenvalue weighted by atomic mass is 10.1. The summed E-state index contributed by atoms with van der Waals surface area (Å²) in [5, 5.41) is 2.97. The van der Waals surface area contributed by atoms with Gasteiger partial charge in [-0.3, -0.25) is 4.79 Å². The number of rotatable bonds is 6. The first-order valence-corrected chi connectivity index (χ1v) is 8.96. The van der Waals surface area contributed by atoms with Gasteiger partial charge in [0.1, 0.15) is 0 Å². The summed E-state index contributed by atoms with van der Waals surface area (Å²) in [4.78, 5) is 24.9. The highest BCUT2D eigenvalue weighted by Crippen LogP contribution is 2.36. The van der Waals surface area contributed by atoms with E-state index in [1.54, 1.807) is 5.32 Å². The molecule has 0 spiro atoms. The van der Waals surface area contributed by atoms with Gasteiger partial charge in [-0.15, -0.1) is 0 Å². The topological polar surface area (TPSA) is 67.4 Å². The molecule has 168 valence electrons. The number of nitrogens with one attached hydrogen (secondary N) is 2. The van der Waals surface area contributed by atoms with Crippen molar-refractivity contribution in [2.45, 2.75) is 24.9 Å². The molecule has 0 heterocycles. The van der Waals surface area contributed by atoms with E-state index in [2.05, 4.69) is 4.74 Å². The molecule has 0 aliphatic carbocycles. The fourth-order valence-electron chi connectivity index (χ4n) is 2.50. The first-order valence-electron chi connectivity index (χ1n) is 8.58. The van der Waals surface area contributed by atoms with Gasteiger partial charge in [0.2, 0.25) is 0 Å². The van der Waals surface area contributed by atoms with Crippen LogP contribution in [0.3, 0.4) is 0 Å². The Morgan fingerprint density at radius 1 is 1.00 bits per heavy atom. The molecule has 12 heteroatoms. The molecule has 0 unspecified atom stereocenters. The van der Waals surface area contributed by atoms with Gasteiger partial charge in [-0.05, 0) is 37.3 Å². The van der Waals surface area contributed by atoms with Gasteiger partial charge >= 0.3 is 24.0 Å². The van der Waals surface area contributed by atoms with E-state index in [9.17, 15) is 35.9 Å². The quantitative estimate of drug-likeness (QED) is 0.355. The van der Waals surface area contributed by atoms with Crippen molar-refractivity contribution < 1.29 is 40.7 Å². The summed E-state index contributed by atoms with van der Waals surface area (Å²) in [6.07, 6.45) is -10.4. The number of ether oxygens (including phenoxy) is 1. The second kappa shape index (κ2) is 9.04. The number of hydrogen-bond acceptors (Lipinski definition) is 4. The molecule has 5 nitrogen and oxygen atoms in total. The van der Waals surface area contributed by atoms with Crippen molar-refractivity contribution in [3.05, 3.63) is 64.7 Å². The van der Waals surface area contributed by atoms with Crippen LogP contribution >= 0.6 is 11.6 Å². The Bertz CT molecular complexity index is 964. The van der Waals surface area contributed by atoms with Gasteiger partial charge in [0.25, 0.3) is 5.91 Å². The van der Waals surface area contributed by atoms with Crippen LogP contribution in [0, 0.1) is 0 Å². The molecular weight excluding hydrogens is 454 g/mol. The molecule has 0 saturated carbocycles. The van der Waals surface area contributed by atoms with Gasteiger partial charge in [0, 0.05) is 5.69 Å². The van der Waals surface area contributed by atoms with Crippen LogP contribution in [0.5, 0.6) is 0 Å². The van der Waals surface area contributed by atoms with Crippen LogP contribution in [0.2, 0.25) is 5.02 Å². The van der Waals surface area contributed by atoms with E-state index in [-0.39, 0.29) is 5.02 Å². The number of benzene rings is 2. The van der Waals surface area contributed by atoms with Crippen molar-refractivity contribution >= 4 is 29.2 Å². The maximum atomic E-state index is 14.1. The molecule has 0 aromatic heterocycles. The molecule has 0 aliphatic rings. The van der Waals surface area contributed by atoms with Gasteiger partial charge in [-0.25, -0.2) is 4.79 Å². The zero-order chi connectivity index (χ0) is 23.4. The third-order valence-corrected chi connectivity index (χ3v) is 4.28. The fourth-order valence-corrected chi connectivity index (χ4v) is 2.72. The zero-order valence-electron chi connectivity index (χ0n) is 15.7. The molecule has 31 heavy (non-hydrogen) atoms. The SMILES string of the molecule is CCOC(=O)[C@@](NC(=O)c1ccccc1Cl)(Nc1cccc(C(F)(F)F)c1)C(F)(F)F. The van der Waals surface area contributed by atoms with Crippen LogP contribution in [-0.4, -0.2) is 30.3 Å². The van der Waals surface area contributed by atoms with E-state index in [1.165, 1.54) is 30.4 Å². The monoisotopic (exact) mass is 468 g/mol. The summed E-state index contributed by atoms with van der Waals surface area (Å²) < 4.78 is 85.7. The van der Waals surface area contributed by atoms with Crippen LogP contribution in [0.1, 0.15) is 22.8 Å². The van der Waals surface area contributed by atoms with E-state index >= 15 is 0 Å². The van der Waals surface area contributed by atoms with Gasteiger partial charge in [-0.2, -0.15) is 26.3 Å². The minimum atomic E-state index is -5.52. The summed E-state index contributed by atoms with van der Waals surface area (Å²) in [6, 6.07) is 7.78. The van der Waals surface area contributed by atoms with E-state index in [0.29, 0.717) is 12.1 Å². The van der Waals surface area contributed by atoms with Crippen LogP contribution in [0.25, 0.3) is 0 Å². The molecule has 0 bridgehead atoms.